The molecular weight excluding hydrogens is 516 g/mol. The molecule has 0 bridgehead atoms. The van der Waals surface area contributed by atoms with Crippen molar-refractivity contribution in [3.05, 3.63) is 111 Å². The quantitative estimate of drug-likeness (QED) is 0.354. The molecule has 0 radical (unpaired) electrons. The molecule has 8 heteroatoms. The Balaban J connectivity index is 1.83. The zero-order valence-electron chi connectivity index (χ0n) is 15.1. The van der Waals surface area contributed by atoms with Crippen molar-refractivity contribution in [2.24, 2.45) is 0 Å². The summed E-state index contributed by atoms with van der Waals surface area (Å²) in [5, 5.41) is 0.446. The third kappa shape index (κ3) is 2.68. The largest absolute Gasteiger partial charge is 0.268 e. The van der Waals surface area contributed by atoms with Crippen LogP contribution in [0, 0.1) is 0 Å². The number of rotatable bonds is 2. The lowest BCUT2D eigenvalue weighted by Gasteiger charge is -2.00. The smallest absolute Gasteiger partial charge is 0.266 e. The van der Waals surface area contributed by atoms with Crippen LogP contribution in [0.15, 0.2) is 88.8 Å². The number of hydrogen-bond donors (Lipinski definition) is 0. The maximum absolute atomic E-state index is 12.9. The third-order valence-electron chi connectivity index (χ3n) is 5.06. The fraction of sp³-hybridized carbons (Fsp3) is 0. The molecule has 0 N–H and O–H groups in total. The van der Waals surface area contributed by atoms with Gasteiger partial charge in [-0.25, -0.2) is 9.13 Å². The van der Waals surface area contributed by atoms with E-state index in [9.17, 15) is 19.2 Å². The Labute approximate surface area is 184 Å². The zero-order chi connectivity index (χ0) is 21.2. The number of nitrogens with zero attached hydrogens (tertiary/aromatic N) is 2. The first-order valence-corrected chi connectivity index (χ1v) is 10.4. The van der Waals surface area contributed by atoms with Crippen molar-refractivity contribution in [3.8, 4) is 11.4 Å². The molecule has 0 spiro atoms. The van der Waals surface area contributed by atoms with E-state index in [-0.39, 0.29) is 21.5 Å². The van der Waals surface area contributed by atoms with Gasteiger partial charge in [0.05, 0.1) is 32.9 Å². The second kappa shape index (κ2) is 6.72. The second-order valence-electron chi connectivity index (χ2n) is 6.79. The van der Waals surface area contributed by atoms with Crippen molar-refractivity contribution in [2.45, 2.75) is 0 Å². The number of hydrogen-bond acceptors (Lipinski definition) is 4. The summed E-state index contributed by atoms with van der Waals surface area (Å²) in [6.45, 7) is 0. The zero-order valence-corrected chi connectivity index (χ0v) is 18.2. The number of benzene rings is 3. The van der Waals surface area contributed by atoms with Crippen LogP contribution in [0.2, 0.25) is 0 Å². The van der Waals surface area contributed by atoms with Gasteiger partial charge in [-0.15, -0.1) is 0 Å². The van der Waals surface area contributed by atoms with Gasteiger partial charge in [-0.3, -0.25) is 19.2 Å². The topological polar surface area (TPSA) is 78.1 Å². The van der Waals surface area contributed by atoms with E-state index in [1.165, 1.54) is 12.1 Å². The molecule has 0 aliphatic carbocycles. The molecule has 0 fully saturated rings. The molecule has 0 aliphatic heterocycles. The molecule has 6 nitrogen and oxygen atoms in total. The molecule has 2 heterocycles. The first-order chi connectivity index (χ1) is 14.4. The van der Waals surface area contributed by atoms with Crippen molar-refractivity contribution in [3.63, 3.8) is 0 Å². The Bertz CT molecular complexity index is 1470. The van der Waals surface area contributed by atoms with Gasteiger partial charge in [-0.05, 0) is 60.7 Å². The van der Waals surface area contributed by atoms with Gasteiger partial charge in [0.2, 0.25) is 0 Å². The van der Waals surface area contributed by atoms with Gasteiger partial charge in [0, 0.05) is 8.95 Å². The monoisotopic (exact) mass is 524 g/mol. The van der Waals surface area contributed by atoms with Gasteiger partial charge in [-0.1, -0.05) is 31.9 Å². The van der Waals surface area contributed by atoms with E-state index in [1.807, 2.05) is 0 Å². The fourth-order valence-electron chi connectivity index (χ4n) is 3.62. The van der Waals surface area contributed by atoms with Gasteiger partial charge in [0.15, 0.2) is 0 Å². The molecule has 3 aromatic carbocycles. The van der Waals surface area contributed by atoms with Crippen LogP contribution in [0.1, 0.15) is 0 Å². The van der Waals surface area contributed by atoms with Crippen LogP contribution in [0.3, 0.4) is 0 Å². The Hall–Kier alpha value is -3.10. The molecule has 5 rings (SSSR count). The predicted molar refractivity (Wildman–Crippen MR) is 123 cm³/mol. The first-order valence-electron chi connectivity index (χ1n) is 8.83. The van der Waals surface area contributed by atoms with Crippen molar-refractivity contribution in [1.82, 2.24) is 9.13 Å². The minimum atomic E-state index is -0.525. The van der Waals surface area contributed by atoms with Gasteiger partial charge in [0.25, 0.3) is 22.2 Å². The summed E-state index contributed by atoms with van der Waals surface area (Å²) in [6.07, 6.45) is 0. The Morgan fingerprint density at radius 3 is 1.00 bits per heavy atom. The first kappa shape index (κ1) is 18.9. The van der Waals surface area contributed by atoms with Crippen molar-refractivity contribution in [2.75, 3.05) is 0 Å². The van der Waals surface area contributed by atoms with E-state index < -0.39 is 22.2 Å². The summed E-state index contributed by atoms with van der Waals surface area (Å²) in [4.78, 5) is 51.8. The van der Waals surface area contributed by atoms with Gasteiger partial charge >= 0.3 is 0 Å². The molecule has 0 saturated carbocycles. The van der Waals surface area contributed by atoms with Gasteiger partial charge in [0.1, 0.15) is 0 Å². The fourth-order valence-corrected chi connectivity index (χ4v) is 4.15. The predicted octanol–water partition coefficient (Wildman–Crippen LogP) is 3.42. The minimum absolute atomic E-state index is 0.112. The normalized spacial score (nSPS) is 11.5. The summed E-state index contributed by atoms with van der Waals surface area (Å²) in [5.74, 6) is 0. The molecule has 0 atom stereocenters. The SMILES string of the molecule is O=c1c2cc3c(=O)n(-c4ccc(Br)cc4)c(=O)c3cc2c(=O)n1-c1ccc(Br)cc1. The molecule has 2 aromatic heterocycles. The van der Waals surface area contributed by atoms with E-state index in [4.69, 9.17) is 0 Å². The summed E-state index contributed by atoms with van der Waals surface area (Å²) in [7, 11) is 0. The summed E-state index contributed by atoms with van der Waals surface area (Å²) in [6, 6.07) is 16.2. The highest BCUT2D eigenvalue weighted by molar-refractivity contribution is 9.10. The maximum Gasteiger partial charge on any atom is 0.266 e. The lowest BCUT2D eigenvalue weighted by atomic mass is 10.1. The van der Waals surface area contributed by atoms with Crippen LogP contribution in [0.25, 0.3) is 32.9 Å². The highest BCUT2D eigenvalue weighted by Crippen LogP contribution is 2.19. The van der Waals surface area contributed by atoms with Crippen molar-refractivity contribution >= 4 is 53.4 Å². The van der Waals surface area contributed by atoms with Crippen molar-refractivity contribution < 1.29 is 0 Å². The Morgan fingerprint density at radius 1 is 0.467 bits per heavy atom. The average Bonchev–Trinajstić information content (AvgIpc) is 3.13. The lowest BCUT2D eigenvalue weighted by molar-refractivity contribution is 0.987. The van der Waals surface area contributed by atoms with E-state index in [0.29, 0.717) is 11.4 Å². The Morgan fingerprint density at radius 2 is 0.733 bits per heavy atom. The molecule has 0 aliphatic rings. The average molecular weight is 526 g/mol. The second-order valence-corrected chi connectivity index (χ2v) is 8.62. The summed E-state index contributed by atoms with van der Waals surface area (Å²) >= 11 is 6.64. The van der Waals surface area contributed by atoms with Crippen LogP contribution in [-0.4, -0.2) is 9.13 Å². The molecule has 30 heavy (non-hydrogen) atoms. The standard InChI is InChI=1S/C22H10Br2N2O4/c23-11-1-5-13(6-2-11)25-19(27)15-9-17-18(10-16(15)20(25)28)22(30)26(21(17)29)14-7-3-12(24)4-8-14/h1-10H. The van der Waals surface area contributed by atoms with E-state index >= 15 is 0 Å². The highest BCUT2D eigenvalue weighted by atomic mass is 79.9. The Kier molecular flexibility index (Phi) is 4.23. The number of fused-ring (bicyclic) bond motifs is 2. The molecule has 0 saturated heterocycles. The van der Waals surface area contributed by atoms with Crippen LogP contribution in [0.5, 0.6) is 0 Å². The minimum Gasteiger partial charge on any atom is -0.268 e. The van der Waals surface area contributed by atoms with Crippen LogP contribution < -0.4 is 22.2 Å². The van der Waals surface area contributed by atoms with Gasteiger partial charge in [-0.2, -0.15) is 0 Å². The molecule has 146 valence electrons. The highest BCUT2D eigenvalue weighted by Gasteiger charge is 2.20. The van der Waals surface area contributed by atoms with Crippen LogP contribution in [-0.2, 0) is 0 Å². The molecule has 0 unspecified atom stereocenters. The maximum atomic E-state index is 12.9. The van der Waals surface area contributed by atoms with E-state index in [2.05, 4.69) is 31.9 Å². The molecule has 5 aromatic rings. The molecular formula is C22H10Br2N2O4. The van der Waals surface area contributed by atoms with Crippen LogP contribution >= 0.6 is 31.9 Å². The van der Waals surface area contributed by atoms with Crippen LogP contribution in [0.4, 0.5) is 0 Å². The van der Waals surface area contributed by atoms with Gasteiger partial charge < -0.3 is 0 Å². The third-order valence-corrected chi connectivity index (χ3v) is 6.12. The summed E-state index contributed by atoms with van der Waals surface area (Å²) < 4.78 is 3.72. The van der Waals surface area contributed by atoms with E-state index in [0.717, 1.165) is 18.1 Å². The molecule has 0 amide bonds. The lowest BCUT2D eigenvalue weighted by Crippen LogP contribution is -2.24. The van der Waals surface area contributed by atoms with E-state index in [1.54, 1.807) is 48.5 Å². The number of aromatic nitrogens is 2. The number of halogens is 2. The summed E-state index contributed by atoms with van der Waals surface area (Å²) in [5.41, 5.74) is -1.27. The van der Waals surface area contributed by atoms with Crippen molar-refractivity contribution in [1.29, 1.82) is 0 Å².